The summed E-state index contributed by atoms with van der Waals surface area (Å²) in [6.45, 7) is 10.6. The standard InChI is InChI=1S/C18H27NO2/c1-13(2)15-7-5-6-8-16(15)17(20)21-18(3,4)14-9-11-19-12-10-14/h5-8,13-14,19H,9-12H2,1-4H3/p+1. The molecule has 0 aliphatic carbocycles. The average molecular weight is 290 g/mol. The second kappa shape index (κ2) is 6.61. The number of benzene rings is 1. The minimum absolute atomic E-state index is 0.182. The molecule has 1 aromatic carbocycles. The van der Waals surface area contributed by atoms with E-state index < -0.39 is 5.60 Å². The van der Waals surface area contributed by atoms with Crippen LogP contribution in [-0.4, -0.2) is 24.7 Å². The topological polar surface area (TPSA) is 42.9 Å². The van der Waals surface area contributed by atoms with Crippen LogP contribution in [0, 0.1) is 5.92 Å². The maximum absolute atomic E-state index is 12.6. The summed E-state index contributed by atoms with van der Waals surface area (Å²) in [5, 5.41) is 2.34. The number of hydrogen-bond acceptors (Lipinski definition) is 2. The quantitative estimate of drug-likeness (QED) is 0.866. The van der Waals surface area contributed by atoms with E-state index in [4.69, 9.17) is 4.74 Å². The highest BCUT2D eigenvalue weighted by Crippen LogP contribution is 2.30. The van der Waals surface area contributed by atoms with E-state index in [0.29, 0.717) is 17.4 Å². The molecule has 0 atom stereocenters. The van der Waals surface area contributed by atoms with Crippen LogP contribution in [-0.2, 0) is 4.74 Å². The molecule has 1 heterocycles. The Morgan fingerprint density at radius 1 is 1.24 bits per heavy atom. The van der Waals surface area contributed by atoms with Gasteiger partial charge >= 0.3 is 5.97 Å². The van der Waals surface area contributed by atoms with Gasteiger partial charge in [-0.1, -0.05) is 32.0 Å². The van der Waals surface area contributed by atoms with Crippen LogP contribution in [0.1, 0.15) is 62.4 Å². The zero-order valence-electron chi connectivity index (χ0n) is 13.7. The Morgan fingerprint density at radius 3 is 2.48 bits per heavy atom. The SMILES string of the molecule is CC(C)c1ccccc1C(=O)OC(C)(C)C1CC[NH2+]CC1. The highest BCUT2D eigenvalue weighted by atomic mass is 16.6. The highest BCUT2D eigenvalue weighted by molar-refractivity contribution is 5.91. The molecule has 3 heteroatoms. The lowest BCUT2D eigenvalue weighted by Gasteiger charge is -2.35. The van der Waals surface area contributed by atoms with Gasteiger partial charge in [-0.15, -0.1) is 0 Å². The van der Waals surface area contributed by atoms with Gasteiger partial charge in [0.1, 0.15) is 5.60 Å². The van der Waals surface area contributed by atoms with Crippen molar-refractivity contribution in [1.82, 2.24) is 0 Å². The van der Waals surface area contributed by atoms with E-state index in [1.807, 2.05) is 24.3 Å². The molecule has 1 saturated heterocycles. The van der Waals surface area contributed by atoms with Crippen LogP contribution in [0.2, 0.25) is 0 Å². The highest BCUT2D eigenvalue weighted by Gasteiger charge is 2.35. The molecule has 2 N–H and O–H groups in total. The first-order chi connectivity index (χ1) is 9.92. The summed E-state index contributed by atoms with van der Waals surface area (Å²) in [7, 11) is 0. The van der Waals surface area contributed by atoms with Crippen molar-refractivity contribution in [3.05, 3.63) is 35.4 Å². The van der Waals surface area contributed by atoms with Crippen LogP contribution in [0.4, 0.5) is 0 Å². The van der Waals surface area contributed by atoms with Crippen molar-refractivity contribution in [3.8, 4) is 0 Å². The van der Waals surface area contributed by atoms with E-state index >= 15 is 0 Å². The lowest BCUT2D eigenvalue weighted by molar-refractivity contribution is -0.665. The summed E-state index contributed by atoms with van der Waals surface area (Å²) < 4.78 is 5.90. The zero-order chi connectivity index (χ0) is 15.5. The average Bonchev–Trinajstić information content (AvgIpc) is 2.47. The van der Waals surface area contributed by atoms with E-state index in [1.54, 1.807) is 0 Å². The molecule has 2 rings (SSSR count). The van der Waals surface area contributed by atoms with Gasteiger partial charge in [0.25, 0.3) is 0 Å². The Kier molecular flexibility index (Phi) is 5.04. The lowest BCUT2D eigenvalue weighted by Crippen LogP contribution is -2.86. The third-order valence-corrected chi connectivity index (χ3v) is 4.58. The van der Waals surface area contributed by atoms with Crippen molar-refractivity contribution < 1.29 is 14.8 Å². The predicted molar refractivity (Wildman–Crippen MR) is 84.4 cm³/mol. The van der Waals surface area contributed by atoms with Gasteiger partial charge in [0.2, 0.25) is 0 Å². The molecule has 0 unspecified atom stereocenters. The minimum atomic E-state index is -0.393. The molecule has 21 heavy (non-hydrogen) atoms. The van der Waals surface area contributed by atoms with Crippen molar-refractivity contribution in [1.29, 1.82) is 0 Å². The molecule has 116 valence electrons. The van der Waals surface area contributed by atoms with Crippen LogP contribution >= 0.6 is 0 Å². The lowest BCUT2D eigenvalue weighted by atomic mass is 9.83. The van der Waals surface area contributed by atoms with Crippen molar-refractivity contribution in [2.24, 2.45) is 5.92 Å². The van der Waals surface area contributed by atoms with Crippen molar-refractivity contribution in [2.45, 2.75) is 52.1 Å². The van der Waals surface area contributed by atoms with Crippen molar-refractivity contribution in [2.75, 3.05) is 13.1 Å². The van der Waals surface area contributed by atoms with Crippen LogP contribution in [0.3, 0.4) is 0 Å². The first-order valence-corrected chi connectivity index (χ1v) is 8.05. The molecule has 0 radical (unpaired) electrons. The third kappa shape index (κ3) is 3.85. The monoisotopic (exact) mass is 290 g/mol. The van der Waals surface area contributed by atoms with Gasteiger partial charge < -0.3 is 10.1 Å². The van der Waals surface area contributed by atoms with Gasteiger partial charge in [-0.2, -0.15) is 0 Å². The Hall–Kier alpha value is -1.35. The molecule has 0 saturated carbocycles. The molecule has 0 aromatic heterocycles. The van der Waals surface area contributed by atoms with Gasteiger partial charge in [0.05, 0.1) is 18.7 Å². The number of ether oxygens (including phenoxy) is 1. The van der Waals surface area contributed by atoms with Crippen LogP contribution < -0.4 is 5.32 Å². The summed E-state index contributed by atoms with van der Waals surface area (Å²) in [6.07, 6.45) is 2.23. The summed E-state index contributed by atoms with van der Waals surface area (Å²) in [4.78, 5) is 12.6. The minimum Gasteiger partial charge on any atom is -0.456 e. The fourth-order valence-electron chi connectivity index (χ4n) is 3.19. The number of piperidine rings is 1. The normalized spacial score (nSPS) is 17.0. The molecule has 0 bridgehead atoms. The third-order valence-electron chi connectivity index (χ3n) is 4.58. The number of esters is 1. The van der Waals surface area contributed by atoms with E-state index in [0.717, 1.165) is 31.5 Å². The van der Waals surface area contributed by atoms with Crippen molar-refractivity contribution in [3.63, 3.8) is 0 Å². The number of carbonyl (C=O) groups excluding carboxylic acids is 1. The molecule has 0 spiro atoms. The van der Waals surface area contributed by atoms with Gasteiger partial charge in [0, 0.05) is 18.8 Å². The largest absolute Gasteiger partial charge is 0.456 e. The molecule has 1 fully saturated rings. The Morgan fingerprint density at radius 2 is 1.86 bits per heavy atom. The summed E-state index contributed by atoms with van der Waals surface area (Å²) in [5.41, 5.74) is 1.38. The van der Waals surface area contributed by atoms with E-state index in [2.05, 4.69) is 33.0 Å². The van der Waals surface area contributed by atoms with E-state index in [-0.39, 0.29) is 5.97 Å². The first kappa shape index (κ1) is 16.0. The van der Waals surface area contributed by atoms with Crippen molar-refractivity contribution >= 4 is 5.97 Å². The Bertz CT molecular complexity index is 488. The maximum Gasteiger partial charge on any atom is 0.338 e. The van der Waals surface area contributed by atoms with E-state index in [1.165, 1.54) is 0 Å². The zero-order valence-corrected chi connectivity index (χ0v) is 13.7. The van der Waals surface area contributed by atoms with Gasteiger partial charge in [0.15, 0.2) is 0 Å². The van der Waals surface area contributed by atoms with Crippen LogP contribution in [0.25, 0.3) is 0 Å². The molecular formula is C18H28NO2+. The molecule has 1 aliphatic heterocycles. The number of carbonyl (C=O) groups is 1. The fraction of sp³-hybridized carbons (Fsp3) is 0.611. The second-order valence-corrected chi connectivity index (χ2v) is 6.88. The van der Waals surface area contributed by atoms with Crippen LogP contribution in [0.5, 0.6) is 0 Å². The maximum atomic E-state index is 12.6. The smallest absolute Gasteiger partial charge is 0.338 e. The van der Waals surface area contributed by atoms with Gasteiger partial charge in [-0.3, -0.25) is 0 Å². The number of nitrogens with two attached hydrogens (primary N) is 1. The molecular weight excluding hydrogens is 262 g/mol. The second-order valence-electron chi connectivity index (χ2n) is 6.88. The molecule has 3 nitrogen and oxygen atoms in total. The summed E-state index contributed by atoms with van der Waals surface area (Å²) >= 11 is 0. The Labute approximate surface area is 128 Å². The molecule has 0 amide bonds. The molecule has 1 aliphatic rings. The number of quaternary nitrogens is 1. The number of rotatable bonds is 4. The summed E-state index contributed by atoms with van der Waals surface area (Å²) in [5.74, 6) is 0.595. The fourth-order valence-corrected chi connectivity index (χ4v) is 3.19. The molecule has 1 aromatic rings. The Balaban J connectivity index is 2.13. The van der Waals surface area contributed by atoms with Gasteiger partial charge in [-0.05, 0) is 31.4 Å². The predicted octanol–water partition coefficient (Wildman–Crippen LogP) is 2.72. The van der Waals surface area contributed by atoms with Gasteiger partial charge in [-0.25, -0.2) is 4.79 Å². The van der Waals surface area contributed by atoms with Crippen LogP contribution in [0.15, 0.2) is 24.3 Å². The van der Waals surface area contributed by atoms with E-state index in [9.17, 15) is 4.79 Å². The number of hydrogen-bond donors (Lipinski definition) is 1. The first-order valence-electron chi connectivity index (χ1n) is 8.05. The summed E-state index contributed by atoms with van der Waals surface area (Å²) in [6, 6.07) is 7.78.